The van der Waals surface area contributed by atoms with Crippen molar-refractivity contribution in [2.24, 2.45) is 7.05 Å². The molecule has 20 heavy (non-hydrogen) atoms. The summed E-state index contributed by atoms with van der Waals surface area (Å²) in [6.45, 7) is 0. The Morgan fingerprint density at radius 3 is 2.40 bits per heavy atom. The third-order valence-corrected chi connectivity index (χ3v) is 4.09. The third-order valence-electron chi connectivity index (χ3n) is 2.66. The van der Waals surface area contributed by atoms with Gasteiger partial charge in [0.15, 0.2) is 0 Å². The lowest BCUT2D eigenvalue weighted by atomic mass is 10.3. The Balaban J connectivity index is 2.14. The van der Waals surface area contributed by atoms with Gasteiger partial charge in [-0.3, -0.25) is 9.48 Å². The topological polar surface area (TPSA) is 93.1 Å². The van der Waals surface area contributed by atoms with E-state index in [1.165, 1.54) is 42.2 Å². The molecule has 7 nitrogen and oxygen atoms in total. The van der Waals surface area contributed by atoms with Crippen LogP contribution in [-0.4, -0.2) is 31.2 Å². The Kier molecular flexibility index (Phi) is 3.86. The maximum absolute atomic E-state index is 11.9. The van der Waals surface area contributed by atoms with Crippen molar-refractivity contribution in [1.82, 2.24) is 14.5 Å². The molecule has 0 saturated carbocycles. The second kappa shape index (κ2) is 5.43. The van der Waals surface area contributed by atoms with Crippen molar-refractivity contribution in [3.8, 4) is 0 Å². The van der Waals surface area contributed by atoms with Crippen molar-refractivity contribution in [1.29, 1.82) is 0 Å². The van der Waals surface area contributed by atoms with E-state index in [2.05, 4.69) is 15.1 Å². The summed E-state index contributed by atoms with van der Waals surface area (Å²) in [6, 6.07) is 5.90. The molecular formula is C12H14N4O3S. The van der Waals surface area contributed by atoms with E-state index in [1.807, 2.05) is 0 Å². The molecular weight excluding hydrogens is 280 g/mol. The van der Waals surface area contributed by atoms with Crippen LogP contribution in [0.4, 0.5) is 5.69 Å². The van der Waals surface area contributed by atoms with Gasteiger partial charge in [0.1, 0.15) is 0 Å². The molecule has 0 radical (unpaired) electrons. The fourth-order valence-electron chi connectivity index (χ4n) is 1.58. The molecule has 0 spiro atoms. The zero-order valence-corrected chi connectivity index (χ0v) is 11.8. The first-order chi connectivity index (χ1) is 9.42. The van der Waals surface area contributed by atoms with Crippen molar-refractivity contribution in [2.75, 3.05) is 12.4 Å². The Morgan fingerprint density at radius 1 is 1.25 bits per heavy atom. The molecule has 1 heterocycles. The maximum atomic E-state index is 11.9. The van der Waals surface area contributed by atoms with Gasteiger partial charge < -0.3 is 5.32 Å². The number of benzene rings is 1. The zero-order valence-electron chi connectivity index (χ0n) is 11.0. The monoisotopic (exact) mass is 294 g/mol. The van der Waals surface area contributed by atoms with E-state index in [1.54, 1.807) is 13.2 Å². The van der Waals surface area contributed by atoms with Crippen molar-refractivity contribution in [3.63, 3.8) is 0 Å². The summed E-state index contributed by atoms with van der Waals surface area (Å²) in [5, 5.41) is 6.57. The van der Waals surface area contributed by atoms with E-state index < -0.39 is 10.0 Å². The van der Waals surface area contributed by atoms with Crippen LogP contribution in [0.5, 0.6) is 0 Å². The number of anilines is 1. The molecule has 2 rings (SSSR count). The number of nitrogens with one attached hydrogen (secondary N) is 2. The highest BCUT2D eigenvalue weighted by atomic mass is 32.2. The first-order valence-corrected chi connectivity index (χ1v) is 7.24. The van der Waals surface area contributed by atoms with Gasteiger partial charge in [0.05, 0.1) is 16.7 Å². The quantitative estimate of drug-likeness (QED) is 0.862. The van der Waals surface area contributed by atoms with E-state index in [9.17, 15) is 13.2 Å². The lowest BCUT2D eigenvalue weighted by Gasteiger charge is -2.05. The number of sulfonamides is 1. The predicted molar refractivity (Wildman–Crippen MR) is 73.8 cm³/mol. The van der Waals surface area contributed by atoms with Gasteiger partial charge in [-0.05, 0) is 31.3 Å². The van der Waals surface area contributed by atoms with E-state index in [0.717, 1.165) is 0 Å². The van der Waals surface area contributed by atoms with Gasteiger partial charge in [-0.2, -0.15) is 5.10 Å². The lowest BCUT2D eigenvalue weighted by Crippen LogP contribution is -2.18. The van der Waals surface area contributed by atoms with Gasteiger partial charge in [0.25, 0.3) is 5.91 Å². The van der Waals surface area contributed by atoms with Crippen LogP contribution in [0.1, 0.15) is 10.4 Å². The number of aromatic nitrogens is 2. The van der Waals surface area contributed by atoms with Crippen molar-refractivity contribution >= 4 is 21.6 Å². The van der Waals surface area contributed by atoms with Gasteiger partial charge in [0.2, 0.25) is 10.0 Å². The average molecular weight is 294 g/mol. The molecule has 1 aromatic heterocycles. The highest BCUT2D eigenvalue weighted by molar-refractivity contribution is 7.89. The number of hydrogen-bond donors (Lipinski definition) is 2. The molecule has 2 aromatic rings. The lowest BCUT2D eigenvalue weighted by molar-refractivity contribution is 0.102. The Bertz CT molecular complexity index is 719. The predicted octanol–water partition coefficient (Wildman–Crippen LogP) is 0.580. The van der Waals surface area contributed by atoms with Crippen LogP contribution >= 0.6 is 0 Å². The Labute approximate surface area is 116 Å². The minimum absolute atomic E-state index is 0.138. The summed E-state index contributed by atoms with van der Waals surface area (Å²) in [6.07, 6.45) is 3.05. The smallest absolute Gasteiger partial charge is 0.258 e. The van der Waals surface area contributed by atoms with Crippen molar-refractivity contribution in [2.45, 2.75) is 4.90 Å². The van der Waals surface area contributed by atoms with Crippen LogP contribution in [0.25, 0.3) is 0 Å². The molecule has 106 valence electrons. The van der Waals surface area contributed by atoms with Gasteiger partial charge in [-0.25, -0.2) is 13.1 Å². The molecule has 0 aliphatic carbocycles. The molecule has 1 aromatic carbocycles. The van der Waals surface area contributed by atoms with Gasteiger partial charge in [-0.1, -0.05) is 0 Å². The molecule has 1 amide bonds. The van der Waals surface area contributed by atoms with Gasteiger partial charge in [-0.15, -0.1) is 0 Å². The van der Waals surface area contributed by atoms with Gasteiger partial charge >= 0.3 is 0 Å². The Hall–Kier alpha value is -2.19. The normalized spacial score (nSPS) is 11.3. The van der Waals surface area contributed by atoms with E-state index >= 15 is 0 Å². The van der Waals surface area contributed by atoms with Gasteiger partial charge in [0, 0.05) is 18.9 Å². The second-order valence-electron chi connectivity index (χ2n) is 4.09. The summed E-state index contributed by atoms with van der Waals surface area (Å²) >= 11 is 0. The SMILES string of the molecule is CNS(=O)(=O)c1ccc(NC(=O)c2cnn(C)c2)cc1. The fourth-order valence-corrected chi connectivity index (χ4v) is 2.31. The molecule has 0 aliphatic rings. The summed E-state index contributed by atoms with van der Waals surface area (Å²) in [5.41, 5.74) is 0.938. The molecule has 0 saturated heterocycles. The first kappa shape index (κ1) is 14.2. The molecule has 8 heteroatoms. The summed E-state index contributed by atoms with van der Waals surface area (Å²) in [4.78, 5) is 12.0. The number of hydrogen-bond acceptors (Lipinski definition) is 4. The van der Waals surface area contributed by atoms with Crippen LogP contribution in [0.2, 0.25) is 0 Å². The largest absolute Gasteiger partial charge is 0.322 e. The van der Waals surface area contributed by atoms with Crippen LogP contribution in [0, 0.1) is 0 Å². The van der Waals surface area contributed by atoms with E-state index in [-0.39, 0.29) is 10.8 Å². The van der Waals surface area contributed by atoms with E-state index in [4.69, 9.17) is 0 Å². The molecule has 0 unspecified atom stereocenters. The molecule has 2 N–H and O–H groups in total. The van der Waals surface area contributed by atoms with Crippen molar-refractivity contribution in [3.05, 3.63) is 42.2 Å². The Morgan fingerprint density at radius 2 is 1.90 bits per heavy atom. The molecule has 0 atom stereocenters. The number of carbonyl (C=O) groups excluding carboxylic acids is 1. The molecule has 0 aliphatic heterocycles. The van der Waals surface area contributed by atoms with Crippen LogP contribution in [0.3, 0.4) is 0 Å². The van der Waals surface area contributed by atoms with Crippen LogP contribution in [-0.2, 0) is 17.1 Å². The summed E-state index contributed by atoms with van der Waals surface area (Å²) in [5.74, 6) is -0.303. The minimum Gasteiger partial charge on any atom is -0.322 e. The number of rotatable bonds is 4. The van der Waals surface area contributed by atoms with Crippen molar-refractivity contribution < 1.29 is 13.2 Å². The highest BCUT2D eigenvalue weighted by Crippen LogP contribution is 2.14. The van der Waals surface area contributed by atoms with Crippen LogP contribution < -0.4 is 10.0 Å². The van der Waals surface area contributed by atoms with E-state index in [0.29, 0.717) is 11.3 Å². The second-order valence-corrected chi connectivity index (χ2v) is 5.98. The number of carbonyl (C=O) groups is 1. The zero-order chi connectivity index (χ0) is 14.8. The standard InChI is InChI=1S/C12H14N4O3S/c1-13-20(18,19)11-5-3-10(4-6-11)15-12(17)9-7-14-16(2)8-9/h3-8,13H,1-2H3,(H,15,17). The minimum atomic E-state index is -3.47. The highest BCUT2D eigenvalue weighted by Gasteiger charge is 2.12. The maximum Gasteiger partial charge on any atom is 0.258 e. The number of amides is 1. The first-order valence-electron chi connectivity index (χ1n) is 5.76. The van der Waals surface area contributed by atoms with Crippen LogP contribution in [0.15, 0.2) is 41.6 Å². The third kappa shape index (κ3) is 3.03. The molecule has 0 bridgehead atoms. The molecule has 0 fully saturated rings. The number of nitrogens with zero attached hydrogens (tertiary/aromatic N) is 2. The summed E-state index contributed by atoms with van der Waals surface area (Å²) < 4.78 is 26.8. The average Bonchev–Trinajstić information content (AvgIpc) is 2.86. The number of aryl methyl sites for hydroxylation is 1. The fraction of sp³-hybridized carbons (Fsp3) is 0.167. The summed E-state index contributed by atoms with van der Waals surface area (Å²) in [7, 11) is -0.411.